The maximum absolute atomic E-state index is 11.4. The zero-order chi connectivity index (χ0) is 13.9. The molecule has 102 valence electrons. The maximum atomic E-state index is 11.4. The fourth-order valence-electron chi connectivity index (χ4n) is 1.97. The highest BCUT2D eigenvalue weighted by atomic mass is 16.3. The monoisotopic (exact) mass is 272 g/mol. The van der Waals surface area contributed by atoms with E-state index in [0.29, 0.717) is 17.1 Å². The number of carbonyl (C=O) groups excluding carboxylic acids is 1. The van der Waals surface area contributed by atoms with Crippen LogP contribution in [0.4, 0.5) is 5.82 Å². The summed E-state index contributed by atoms with van der Waals surface area (Å²) in [6.07, 6.45) is 7.24. The van der Waals surface area contributed by atoms with E-state index in [-0.39, 0.29) is 6.61 Å². The van der Waals surface area contributed by atoms with Crippen molar-refractivity contribution in [3.63, 3.8) is 0 Å². The van der Waals surface area contributed by atoms with Gasteiger partial charge in [0.1, 0.15) is 5.82 Å². The Bertz CT molecular complexity index is 622. The van der Waals surface area contributed by atoms with E-state index in [4.69, 9.17) is 5.11 Å². The number of anilines is 1. The Morgan fingerprint density at radius 1 is 1.45 bits per heavy atom. The number of aliphatic hydroxyl groups excluding tert-OH is 1. The molecule has 1 unspecified atom stereocenters. The molecule has 1 aliphatic heterocycles. The number of aliphatic hydroxyl groups is 1. The zero-order valence-corrected chi connectivity index (χ0v) is 10.4. The van der Waals surface area contributed by atoms with Crippen molar-refractivity contribution >= 4 is 17.8 Å². The van der Waals surface area contributed by atoms with Crippen molar-refractivity contribution in [3.05, 3.63) is 42.5 Å². The average Bonchev–Trinajstić information content (AvgIpc) is 3.15. The van der Waals surface area contributed by atoms with Gasteiger partial charge in [-0.1, -0.05) is 11.3 Å². The van der Waals surface area contributed by atoms with Crippen LogP contribution >= 0.6 is 0 Å². The molecule has 20 heavy (non-hydrogen) atoms. The fourth-order valence-corrected chi connectivity index (χ4v) is 1.97. The molecule has 0 saturated carbocycles. The SMILES string of the molecule is O=CC1C(n2ccnn2)=CNN1c1ccc(CO)cn1. The molecule has 8 heteroatoms. The van der Waals surface area contributed by atoms with Gasteiger partial charge in [-0.3, -0.25) is 5.01 Å². The number of hydrogen-bond donors (Lipinski definition) is 2. The molecule has 8 nitrogen and oxygen atoms in total. The summed E-state index contributed by atoms with van der Waals surface area (Å²) in [6, 6.07) is 2.93. The molecule has 0 bridgehead atoms. The third kappa shape index (κ3) is 2.01. The number of aromatic nitrogens is 4. The molecule has 1 atom stereocenters. The summed E-state index contributed by atoms with van der Waals surface area (Å²) in [6.45, 7) is -0.0692. The van der Waals surface area contributed by atoms with Crippen LogP contribution < -0.4 is 10.4 Å². The maximum Gasteiger partial charge on any atom is 0.151 e. The highest BCUT2D eigenvalue weighted by Crippen LogP contribution is 2.22. The quantitative estimate of drug-likeness (QED) is 0.728. The Kier molecular flexibility index (Phi) is 3.13. The third-order valence-corrected chi connectivity index (χ3v) is 2.99. The van der Waals surface area contributed by atoms with E-state index in [1.165, 1.54) is 4.68 Å². The molecule has 0 aliphatic carbocycles. The molecule has 2 N–H and O–H groups in total. The summed E-state index contributed by atoms with van der Waals surface area (Å²) in [5, 5.41) is 18.2. The molecule has 0 aromatic carbocycles. The summed E-state index contributed by atoms with van der Waals surface area (Å²) in [5.74, 6) is 0.575. The van der Waals surface area contributed by atoms with E-state index >= 15 is 0 Å². The molecule has 0 fully saturated rings. The number of aldehydes is 1. The second-order valence-electron chi connectivity index (χ2n) is 4.18. The number of carbonyl (C=O) groups is 1. The minimum atomic E-state index is -0.552. The van der Waals surface area contributed by atoms with Gasteiger partial charge in [-0.2, -0.15) is 0 Å². The predicted octanol–water partition coefficient (Wildman–Crippen LogP) is -0.444. The standard InChI is InChI=1S/C12H12N6O2/c19-7-9-1-2-12(13-5-9)18-11(8-20)10(6-15-18)17-4-3-14-16-17/h1-6,8,11,15,19H,7H2. The first-order valence-corrected chi connectivity index (χ1v) is 5.96. The van der Waals surface area contributed by atoms with Crippen molar-refractivity contribution in [3.8, 4) is 0 Å². The highest BCUT2D eigenvalue weighted by Gasteiger charge is 2.30. The normalized spacial score (nSPS) is 17.8. The Morgan fingerprint density at radius 2 is 2.35 bits per heavy atom. The van der Waals surface area contributed by atoms with Crippen LogP contribution in [0.2, 0.25) is 0 Å². The van der Waals surface area contributed by atoms with Gasteiger partial charge < -0.3 is 15.3 Å². The largest absolute Gasteiger partial charge is 0.392 e. The van der Waals surface area contributed by atoms with E-state index in [1.54, 1.807) is 41.9 Å². The third-order valence-electron chi connectivity index (χ3n) is 2.99. The molecule has 0 saturated heterocycles. The number of nitrogens with one attached hydrogen (secondary N) is 1. The molecule has 2 aromatic heterocycles. The minimum Gasteiger partial charge on any atom is -0.392 e. The zero-order valence-electron chi connectivity index (χ0n) is 10.4. The lowest BCUT2D eigenvalue weighted by molar-refractivity contribution is -0.108. The lowest BCUT2D eigenvalue weighted by atomic mass is 10.2. The van der Waals surface area contributed by atoms with Gasteiger partial charge in [0.2, 0.25) is 0 Å². The summed E-state index contributed by atoms with van der Waals surface area (Å²) < 4.78 is 1.52. The van der Waals surface area contributed by atoms with E-state index in [0.717, 1.165) is 6.29 Å². The molecule has 0 spiro atoms. The Balaban J connectivity index is 1.87. The first kappa shape index (κ1) is 12.3. The summed E-state index contributed by atoms with van der Waals surface area (Å²) >= 11 is 0. The van der Waals surface area contributed by atoms with Crippen LogP contribution in [0.15, 0.2) is 36.9 Å². The number of nitrogens with zero attached hydrogens (tertiary/aromatic N) is 5. The van der Waals surface area contributed by atoms with Crippen LogP contribution in [0.3, 0.4) is 0 Å². The first-order valence-electron chi connectivity index (χ1n) is 5.96. The predicted molar refractivity (Wildman–Crippen MR) is 69.9 cm³/mol. The molecule has 2 aromatic rings. The van der Waals surface area contributed by atoms with E-state index in [1.807, 2.05) is 0 Å². The smallest absolute Gasteiger partial charge is 0.151 e. The van der Waals surface area contributed by atoms with Crippen LogP contribution in [0.25, 0.3) is 5.70 Å². The van der Waals surface area contributed by atoms with Crippen LogP contribution in [0.1, 0.15) is 5.56 Å². The van der Waals surface area contributed by atoms with Gasteiger partial charge in [0.25, 0.3) is 0 Å². The summed E-state index contributed by atoms with van der Waals surface area (Å²) in [4.78, 5) is 15.6. The minimum absolute atomic E-state index is 0.0692. The molecule has 1 aliphatic rings. The van der Waals surface area contributed by atoms with Crippen LogP contribution in [-0.4, -0.2) is 37.4 Å². The number of rotatable bonds is 4. The molecule has 3 heterocycles. The van der Waals surface area contributed by atoms with E-state index in [9.17, 15) is 4.79 Å². The Morgan fingerprint density at radius 3 is 2.95 bits per heavy atom. The molecule has 3 rings (SSSR count). The van der Waals surface area contributed by atoms with Crippen molar-refractivity contribution < 1.29 is 9.90 Å². The second-order valence-corrected chi connectivity index (χ2v) is 4.18. The number of hydrazine groups is 1. The van der Waals surface area contributed by atoms with Gasteiger partial charge in [0, 0.05) is 12.4 Å². The number of hydrogen-bond acceptors (Lipinski definition) is 7. The highest BCUT2D eigenvalue weighted by molar-refractivity contribution is 5.82. The second kappa shape index (κ2) is 5.10. The average molecular weight is 272 g/mol. The van der Waals surface area contributed by atoms with Crippen molar-refractivity contribution in [1.29, 1.82) is 0 Å². The Labute approximate surface area is 114 Å². The van der Waals surface area contributed by atoms with Gasteiger partial charge in [0.15, 0.2) is 12.3 Å². The lowest BCUT2D eigenvalue weighted by Gasteiger charge is -2.23. The van der Waals surface area contributed by atoms with Gasteiger partial charge in [-0.15, -0.1) is 5.10 Å². The van der Waals surface area contributed by atoms with Crippen molar-refractivity contribution in [1.82, 2.24) is 25.4 Å². The molecular weight excluding hydrogens is 260 g/mol. The van der Waals surface area contributed by atoms with Crippen molar-refractivity contribution in [2.75, 3.05) is 5.01 Å². The van der Waals surface area contributed by atoms with Gasteiger partial charge in [-0.25, -0.2) is 9.67 Å². The summed E-state index contributed by atoms with van der Waals surface area (Å²) in [5.41, 5.74) is 4.34. The fraction of sp³-hybridized carbons (Fsp3) is 0.167. The molecular formula is C12H12N6O2. The summed E-state index contributed by atoms with van der Waals surface area (Å²) in [7, 11) is 0. The topological polar surface area (TPSA) is 96.2 Å². The molecule has 0 radical (unpaired) electrons. The van der Waals surface area contributed by atoms with Gasteiger partial charge in [-0.05, 0) is 11.6 Å². The first-order chi connectivity index (χ1) is 9.83. The van der Waals surface area contributed by atoms with Crippen molar-refractivity contribution in [2.45, 2.75) is 12.6 Å². The van der Waals surface area contributed by atoms with Crippen LogP contribution in [0.5, 0.6) is 0 Å². The van der Waals surface area contributed by atoms with Gasteiger partial charge in [0.05, 0.1) is 24.7 Å². The van der Waals surface area contributed by atoms with Crippen LogP contribution in [-0.2, 0) is 11.4 Å². The molecule has 0 amide bonds. The lowest BCUT2D eigenvalue weighted by Crippen LogP contribution is -2.40. The Hall–Kier alpha value is -2.74. The number of pyridine rings is 1. The van der Waals surface area contributed by atoms with E-state index < -0.39 is 6.04 Å². The van der Waals surface area contributed by atoms with Crippen LogP contribution in [0, 0.1) is 0 Å². The van der Waals surface area contributed by atoms with Gasteiger partial charge >= 0.3 is 0 Å². The van der Waals surface area contributed by atoms with E-state index in [2.05, 4.69) is 20.7 Å². The van der Waals surface area contributed by atoms with Crippen molar-refractivity contribution in [2.24, 2.45) is 0 Å².